The van der Waals surface area contributed by atoms with Crippen LogP contribution in [-0.4, -0.2) is 115 Å². The van der Waals surface area contributed by atoms with Crippen molar-refractivity contribution < 1.29 is 80.9 Å². The van der Waals surface area contributed by atoms with Crippen LogP contribution < -0.4 is 0 Å². The Kier molecular flexibility index (Phi) is 13.9. The molecule has 0 N–H and O–H groups in total. The Labute approximate surface area is 260 Å². The molecule has 2 rings (SSSR count). The lowest BCUT2D eigenvalue weighted by atomic mass is 9.97. The summed E-state index contributed by atoms with van der Waals surface area (Å²) in [6.45, 7) is 6.61. The minimum Gasteiger partial charge on any atom is -0.463 e. The van der Waals surface area contributed by atoms with E-state index in [9.17, 15) is 33.6 Å². The van der Waals surface area contributed by atoms with Crippen molar-refractivity contribution in [3.05, 3.63) is 0 Å². The van der Waals surface area contributed by atoms with E-state index in [1.165, 1.54) is 0 Å². The average Bonchev–Trinajstić information content (AvgIpc) is 2.87. The van der Waals surface area contributed by atoms with Gasteiger partial charge in [0.1, 0.15) is 36.4 Å². The first-order valence-electron chi connectivity index (χ1n) is 13.2. The fourth-order valence-electron chi connectivity index (χ4n) is 4.40. The second kappa shape index (κ2) is 16.6. The first-order valence-corrected chi connectivity index (χ1v) is 14.1. The third kappa shape index (κ3) is 11.0. The molecular formula is C26H35BrO17. The van der Waals surface area contributed by atoms with E-state index in [2.05, 4.69) is 15.9 Å². The molecular weight excluding hydrogens is 664 g/mol. The molecule has 2 aliphatic heterocycles. The number of halogens is 1. The molecule has 0 spiro atoms. The highest BCUT2D eigenvalue weighted by Gasteiger charge is 2.56. The van der Waals surface area contributed by atoms with Gasteiger partial charge in [-0.25, -0.2) is 0 Å². The number of carbonyl (C=O) groups excluding carboxylic acids is 7. The first-order chi connectivity index (χ1) is 20.5. The number of carbonyl (C=O) groups is 7. The van der Waals surface area contributed by atoms with Crippen LogP contribution in [0, 0.1) is 0 Å². The molecule has 0 saturated carbocycles. The number of esters is 7. The second-order valence-corrected chi connectivity index (χ2v) is 10.7. The molecule has 44 heavy (non-hydrogen) atoms. The summed E-state index contributed by atoms with van der Waals surface area (Å²) in [5.41, 5.74) is 0. The first kappa shape index (κ1) is 36.8. The van der Waals surface area contributed by atoms with Crippen LogP contribution in [0.2, 0.25) is 0 Å². The Morgan fingerprint density at radius 1 is 0.477 bits per heavy atom. The third-order valence-corrected chi connectivity index (χ3v) is 6.80. The number of hydrogen-bond acceptors (Lipinski definition) is 17. The summed E-state index contributed by atoms with van der Waals surface area (Å²) in [5.74, 6) is -5.56. The highest BCUT2D eigenvalue weighted by Crippen LogP contribution is 2.36. The predicted octanol–water partition coefficient (Wildman–Crippen LogP) is 0.00100. The molecule has 1 unspecified atom stereocenters. The number of rotatable bonds is 11. The summed E-state index contributed by atoms with van der Waals surface area (Å²) >= 11 is 3.34. The fraction of sp³-hybridized carbons (Fsp3) is 0.731. The second-order valence-electron chi connectivity index (χ2n) is 9.64. The minimum atomic E-state index is -1.69. The van der Waals surface area contributed by atoms with Crippen molar-refractivity contribution in [2.24, 2.45) is 0 Å². The fourth-order valence-corrected chi connectivity index (χ4v) is 5.06. The van der Waals surface area contributed by atoms with Crippen molar-refractivity contribution in [1.29, 1.82) is 0 Å². The van der Waals surface area contributed by atoms with Crippen LogP contribution >= 0.6 is 15.9 Å². The standard InChI is InChI=1S/C26H35BrO17/c1-10(28)35-8-17-20(37-12(3)30)22(19(27)25(42-17)41-16(7)34)44-26-24(40-15(6)33)23(39-14(5)32)21(38-13(4)31)18(43-26)9-36-11(2)29/h17-26H,8-9H2,1-7H3/t17-,18-,19-,20-,21+,22-,23+,24-,25?,26+/m1/s1. The van der Waals surface area contributed by atoms with Crippen molar-refractivity contribution in [3.8, 4) is 0 Å². The summed E-state index contributed by atoms with van der Waals surface area (Å²) in [6, 6.07) is 0. The van der Waals surface area contributed by atoms with E-state index in [1.807, 2.05) is 0 Å². The van der Waals surface area contributed by atoms with Crippen molar-refractivity contribution in [2.75, 3.05) is 13.2 Å². The van der Waals surface area contributed by atoms with Gasteiger partial charge in [-0.05, 0) is 0 Å². The molecule has 10 atom stereocenters. The van der Waals surface area contributed by atoms with Gasteiger partial charge >= 0.3 is 41.8 Å². The summed E-state index contributed by atoms with van der Waals surface area (Å²) in [4.78, 5) is 82.4. The number of ether oxygens (including phenoxy) is 10. The van der Waals surface area contributed by atoms with Gasteiger partial charge in [0.05, 0.1) is 0 Å². The Balaban J connectivity index is 2.63. The zero-order valence-electron chi connectivity index (χ0n) is 25.0. The molecule has 2 saturated heterocycles. The van der Waals surface area contributed by atoms with Crippen LogP contribution in [0.25, 0.3) is 0 Å². The zero-order valence-corrected chi connectivity index (χ0v) is 26.6. The lowest BCUT2D eigenvalue weighted by Crippen LogP contribution is -2.66. The molecule has 2 aliphatic rings. The van der Waals surface area contributed by atoms with Crippen LogP contribution in [-0.2, 0) is 80.9 Å². The van der Waals surface area contributed by atoms with Gasteiger partial charge in [-0.1, -0.05) is 15.9 Å². The van der Waals surface area contributed by atoms with Gasteiger partial charge in [-0.15, -0.1) is 0 Å². The Hall–Kier alpha value is -3.35. The normalized spacial score (nSPS) is 31.5. The number of hydrogen-bond donors (Lipinski definition) is 0. The SMILES string of the molecule is CC(=O)OC[C@H]1O[C@@H](O[C@H]2[C@H](OC(C)=O)[C@@H](COC(C)=O)OC(OC(C)=O)[C@@H]2Br)[C@H](OC(C)=O)[C@@H](OC(C)=O)[C@H]1OC(C)=O. The molecule has 2 heterocycles. The van der Waals surface area contributed by atoms with Crippen LogP contribution in [0.4, 0.5) is 0 Å². The molecule has 18 heteroatoms. The van der Waals surface area contributed by atoms with Gasteiger partial charge in [0.15, 0.2) is 30.7 Å². The maximum Gasteiger partial charge on any atom is 0.304 e. The molecule has 0 aromatic rings. The van der Waals surface area contributed by atoms with Gasteiger partial charge < -0.3 is 47.4 Å². The largest absolute Gasteiger partial charge is 0.463 e. The van der Waals surface area contributed by atoms with E-state index < -0.39 is 115 Å². The monoisotopic (exact) mass is 698 g/mol. The van der Waals surface area contributed by atoms with Crippen LogP contribution in [0.3, 0.4) is 0 Å². The van der Waals surface area contributed by atoms with Gasteiger partial charge in [-0.2, -0.15) is 0 Å². The molecule has 0 aromatic heterocycles. The van der Waals surface area contributed by atoms with E-state index in [0.29, 0.717) is 0 Å². The van der Waals surface area contributed by atoms with Crippen LogP contribution in [0.5, 0.6) is 0 Å². The molecule has 17 nitrogen and oxygen atoms in total. The lowest BCUT2D eigenvalue weighted by molar-refractivity contribution is -0.338. The Morgan fingerprint density at radius 3 is 1.25 bits per heavy atom. The number of alkyl halides is 1. The maximum atomic E-state index is 12.2. The third-order valence-electron chi connectivity index (χ3n) is 5.85. The van der Waals surface area contributed by atoms with E-state index in [-0.39, 0.29) is 0 Å². The molecule has 0 amide bonds. The molecule has 248 valence electrons. The average molecular weight is 699 g/mol. The smallest absolute Gasteiger partial charge is 0.304 e. The summed E-state index contributed by atoms with van der Waals surface area (Å²) < 4.78 is 55.0. The van der Waals surface area contributed by atoms with E-state index in [4.69, 9.17) is 47.4 Å². The van der Waals surface area contributed by atoms with Gasteiger partial charge in [0.25, 0.3) is 0 Å². The van der Waals surface area contributed by atoms with Gasteiger partial charge in [-0.3, -0.25) is 33.6 Å². The summed E-state index contributed by atoms with van der Waals surface area (Å²) in [5, 5.41) is 0. The van der Waals surface area contributed by atoms with E-state index in [0.717, 1.165) is 48.5 Å². The minimum absolute atomic E-state index is 0.469. The lowest BCUT2D eigenvalue weighted by Gasteiger charge is -2.48. The molecule has 0 radical (unpaired) electrons. The summed E-state index contributed by atoms with van der Waals surface area (Å²) in [7, 11) is 0. The van der Waals surface area contributed by atoms with Gasteiger partial charge in [0.2, 0.25) is 6.29 Å². The molecule has 0 aromatic carbocycles. The topological polar surface area (TPSA) is 212 Å². The zero-order chi connectivity index (χ0) is 33.3. The van der Waals surface area contributed by atoms with E-state index >= 15 is 0 Å². The molecule has 0 aliphatic carbocycles. The molecule has 2 fully saturated rings. The van der Waals surface area contributed by atoms with Crippen molar-refractivity contribution in [2.45, 2.75) is 109 Å². The van der Waals surface area contributed by atoms with E-state index in [1.54, 1.807) is 0 Å². The maximum absolute atomic E-state index is 12.2. The highest BCUT2D eigenvalue weighted by atomic mass is 79.9. The van der Waals surface area contributed by atoms with Crippen molar-refractivity contribution in [3.63, 3.8) is 0 Å². The van der Waals surface area contributed by atoms with Crippen molar-refractivity contribution in [1.82, 2.24) is 0 Å². The highest BCUT2D eigenvalue weighted by molar-refractivity contribution is 9.09. The quantitative estimate of drug-likeness (QED) is 0.158. The van der Waals surface area contributed by atoms with Gasteiger partial charge in [0, 0.05) is 48.5 Å². The Morgan fingerprint density at radius 2 is 0.841 bits per heavy atom. The van der Waals surface area contributed by atoms with Crippen molar-refractivity contribution >= 4 is 57.7 Å². The van der Waals surface area contributed by atoms with Crippen LogP contribution in [0.15, 0.2) is 0 Å². The van der Waals surface area contributed by atoms with Crippen LogP contribution in [0.1, 0.15) is 48.5 Å². The summed E-state index contributed by atoms with van der Waals surface area (Å²) in [6.07, 6.45) is -13.0. The predicted molar refractivity (Wildman–Crippen MR) is 142 cm³/mol. The molecule has 0 bridgehead atoms. The Bertz CT molecular complexity index is 1090.